The number of hydrogen-bond acceptors (Lipinski definition) is 4. The van der Waals surface area contributed by atoms with Crippen LogP contribution in [0.15, 0.2) is 54.7 Å². The van der Waals surface area contributed by atoms with E-state index < -0.39 is 0 Å². The predicted octanol–water partition coefficient (Wildman–Crippen LogP) is 5.84. The molecule has 6 heteroatoms. The maximum absolute atomic E-state index is 13.2. The minimum absolute atomic E-state index is 0.155. The first-order valence-corrected chi connectivity index (χ1v) is 12.3. The van der Waals surface area contributed by atoms with Gasteiger partial charge in [-0.05, 0) is 92.5 Å². The summed E-state index contributed by atoms with van der Waals surface area (Å²) in [5.74, 6) is 1.89. The van der Waals surface area contributed by atoms with Gasteiger partial charge in [0.05, 0.1) is 5.54 Å². The zero-order valence-corrected chi connectivity index (χ0v) is 20.0. The fourth-order valence-electron chi connectivity index (χ4n) is 5.25. The van der Waals surface area contributed by atoms with Crippen LogP contribution in [-0.2, 0) is 12.0 Å². The normalized spacial score (nSPS) is 21.2. The van der Waals surface area contributed by atoms with E-state index in [1.54, 1.807) is 0 Å². The Morgan fingerprint density at radius 3 is 2.50 bits per heavy atom. The van der Waals surface area contributed by atoms with Crippen molar-refractivity contribution in [3.8, 4) is 0 Å². The van der Waals surface area contributed by atoms with Gasteiger partial charge in [0.25, 0.3) is 5.91 Å². The van der Waals surface area contributed by atoms with Crippen LogP contribution in [0.1, 0.15) is 66.8 Å². The molecular formula is C28H31FN4O. The molecule has 5 nitrogen and oxygen atoms in total. The summed E-state index contributed by atoms with van der Waals surface area (Å²) in [6, 6.07) is 14.8. The second-order valence-electron chi connectivity index (χ2n) is 9.33. The van der Waals surface area contributed by atoms with Crippen molar-refractivity contribution in [1.29, 1.82) is 0 Å². The lowest BCUT2D eigenvalue weighted by atomic mass is 9.71. The number of carbonyl (C=O) groups excluding carboxylic acids is 1. The molecule has 2 aromatic carbocycles. The Morgan fingerprint density at radius 1 is 1.09 bits per heavy atom. The lowest BCUT2D eigenvalue weighted by molar-refractivity contribution is 0.0930. The highest BCUT2D eigenvalue weighted by Gasteiger charge is 2.47. The van der Waals surface area contributed by atoms with E-state index in [0.717, 1.165) is 36.5 Å². The Labute approximate surface area is 200 Å². The lowest BCUT2D eigenvalue weighted by Crippen LogP contribution is -2.49. The molecule has 1 aromatic heterocycles. The first kappa shape index (κ1) is 22.5. The number of hydrogen-bond donors (Lipinski definition) is 1. The number of anilines is 2. The Bertz CT molecular complexity index is 1210. The van der Waals surface area contributed by atoms with E-state index in [2.05, 4.69) is 33.4 Å². The molecule has 0 bridgehead atoms. The van der Waals surface area contributed by atoms with Crippen molar-refractivity contribution < 1.29 is 9.18 Å². The van der Waals surface area contributed by atoms with E-state index in [1.807, 2.05) is 33.0 Å². The predicted molar refractivity (Wildman–Crippen MR) is 132 cm³/mol. The number of benzene rings is 2. The minimum Gasteiger partial charge on any atom is -0.343 e. The van der Waals surface area contributed by atoms with Crippen molar-refractivity contribution in [3.63, 3.8) is 0 Å². The van der Waals surface area contributed by atoms with Gasteiger partial charge < -0.3 is 10.2 Å². The zero-order valence-electron chi connectivity index (χ0n) is 20.0. The summed E-state index contributed by atoms with van der Waals surface area (Å²) in [5.41, 5.74) is 3.85. The molecule has 3 aromatic rings. The maximum atomic E-state index is 13.2. The largest absolute Gasteiger partial charge is 0.343 e. The molecular weight excluding hydrogens is 427 g/mol. The van der Waals surface area contributed by atoms with Gasteiger partial charge in [0, 0.05) is 23.5 Å². The van der Waals surface area contributed by atoms with Crippen LogP contribution >= 0.6 is 0 Å². The number of halogens is 1. The summed E-state index contributed by atoms with van der Waals surface area (Å²) < 4.78 is 13.2. The number of aryl methyl sites for hydroxylation is 1. The van der Waals surface area contributed by atoms with Gasteiger partial charge in [-0.2, -0.15) is 0 Å². The Hall–Kier alpha value is -3.28. The van der Waals surface area contributed by atoms with Gasteiger partial charge in [-0.15, -0.1) is 0 Å². The highest BCUT2D eigenvalue weighted by molar-refractivity contribution is 5.95. The Kier molecular flexibility index (Phi) is 5.84. The number of rotatable bonds is 4. The SMILES string of the molecule is CC.Cc1nccc(N2c3ccc(C4(NC(=O)c5ccc(F)cc5)CC4)cc3CC3CCC32)n1. The van der Waals surface area contributed by atoms with Crippen LogP contribution in [0.25, 0.3) is 0 Å². The monoisotopic (exact) mass is 458 g/mol. The van der Waals surface area contributed by atoms with Crippen LogP contribution in [-0.4, -0.2) is 21.9 Å². The van der Waals surface area contributed by atoms with Crippen molar-refractivity contribution in [3.05, 3.63) is 83.1 Å². The Morgan fingerprint density at radius 2 is 1.85 bits per heavy atom. The molecule has 3 aliphatic rings. The van der Waals surface area contributed by atoms with Crippen LogP contribution < -0.4 is 10.2 Å². The van der Waals surface area contributed by atoms with Crippen LogP contribution in [0.2, 0.25) is 0 Å². The van der Waals surface area contributed by atoms with Gasteiger partial charge in [-0.1, -0.05) is 26.0 Å². The Balaban J connectivity index is 0.00000117. The van der Waals surface area contributed by atoms with Gasteiger partial charge >= 0.3 is 0 Å². The number of amides is 1. The molecule has 1 amide bonds. The second-order valence-corrected chi connectivity index (χ2v) is 9.33. The van der Waals surface area contributed by atoms with Gasteiger partial charge in [0.1, 0.15) is 17.5 Å². The van der Waals surface area contributed by atoms with Crippen molar-refractivity contribution >= 4 is 17.4 Å². The summed E-state index contributed by atoms with van der Waals surface area (Å²) in [7, 11) is 0. The highest BCUT2D eigenvalue weighted by Crippen LogP contribution is 2.51. The summed E-state index contributed by atoms with van der Waals surface area (Å²) in [4.78, 5) is 24.2. The molecule has 1 aliphatic heterocycles. The van der Waals surface area contributed by atoms with E-state index >= 15 is 0 Å². The molecule has 0 saturated heterocycles. The van der Waals surface area contributed by atoms with Gasteiger partial charge in [-0.25, -0.2) is 14.4 Å². The van der Waals surface area contributed by atoms with Crippen LogP contribution in [0.5, 0.6) is 0 Å². The third-order valence-corrected chi connectivity index (χ3v) is 7.30. The molecule has 2 fully saturated rings. The quantitative estimate of drug-likeness (QED) is 0.533. The molecule has 1 N–H and O–H groups in total. The summed E-state index contributed by atoms with van der Waals surface area (Å²) in [6.45, 7) is 5.93. The molecule has 2 atom stereocenters. The van der Waals surface area contributed by atoms with E-state index in [-0.39, 0.29) is 17.3 Å². The zero-order chi connectivity index (χ0) is 23.9. The summed E-state index contributed by atoms with van der Waals surface area (Å²) in [5, 5.41) is 3.21. The van der Waals surface area contributed by atoms with Crippen LogP contribution in [0, 0.1) is 18.7 Å². The summed E-state index contributed by atoms with van der Waals surface area (Å²) in [6.07, 6.45) is 7.15. The second kappa shape index (κ2) is 8.82. The highest BCUT2D eigenvalue weighted by atomic mass is 19.1. The topological polar surface area (TPSA) is 58.1 Å². The smallest absolute Gasteiger partial charge is 0.251 e. The van der Waals surface area contributed by atoms with E-state index in [9.17, 15) is 9.18 Å². The van der Waals surface area contributed by atoms with E-state index in [4.69, 9.17) is 4.98 Å². The fraction of sp³-hybridized carbons (Fsp3) is 0.393. The molecule has 0 spiro atoms. The third-order valence-electron chi connectivity index (χ3n) is 7.30. The molecule has 2 aliphatic carbocycles. The van der Waals surface area contributed by atoms with E-state index in [0.29, 0.717) is 17.5 Å². The number of fused-ring (bicyclic) bond motifs is 2. The van der Waals surface area contributed by atoms with E-state index in [1.165, 1.54) is 48.4 Å². The standard InChI is InChI=1S/C26H25FN4O.C2H6/c1-16-28-13-10-24(29-16)31-22-8-4-18(22)14-19-15-20(5-9-23(19)31)26(11-12-26)30-25(32)17-2-6-21(27)7-3-17;1-2/h2-3,5-7,9-10,13,15,18,22H,4,8,11-12,14H2,1H3,(H,30,32);1-2H3. The van der Waals surface area contributed by atoms with Crippen molar-refractivity contribution in [2.24, 2.45) is 5.92 Å². The average molecular weight is 459 g/mol. The van der Waals surface area contributed by atoms with Crippen LogP contribution in [0.3, 0.4) is 0 Å². The fourth-order valence-corrected chi connectivity index (χ4v) is 5.25. The molecule has 176 valence electrons. The summed E-state index contributed by atoms with van der Waals surface area (Å²) >= 11 is 0. The van der Waals surface area contributed by atoms with Gasteiger partial charge in [0.2, 0.25) is 0 Å². The van der Waals surface area contributed by atoms with Crippen molar-refractivity contribution in [2.75, 3.05) is 4.90 Å². The van der Waals surface area contributed by atoms with Gasteiger partial charge in [-0.3, -0.25) is 4.79 Å². The molecule has 2 unspecified atom stereocenters. The van der Waals surface area contributed by atoms with Crippen molar-refractivity contribution in [2.45, 2.75) is 64.5 Å². The number of nitrogens with one attached hydrogen (secondary N) is 1. The number of carbonyl (C=O) groups is 1. The molecule has 34 heavy (non-hydrogen) atoms. The van der Waals surface area contributed by atoms with Gasteiger partial charge in [0.15, 0.2) is 0 Å². The molecule has 6 rings (SSSR count). The third kappa shape index (κ3) is 3.95. The molecule has 2 saturated carbocycles. The lowest BCUT2D eigenvalue weighted by Gasteiger charge is -2.49. The molecule has 0 radical (unpaired) electrons. The van der Waals surface area contributed by atoms with Crippen LogP contribution in [0.4, 0.5) is 15.9 Å². The molecule has 2 heterocycles. The number of aromatic nitrogens is 2. The minimum atomic E-state index is -0.338. The first-order valence-electron chi connectivity index (χ1n) is 12.3. The number of nitrogens with zero attached hydrogens (tertiary/aromatic N) is 3. The van der Waals surface area contributed by atoms with Crippen molar-refractivity contribution in [1.82, 2.24) is 15.3 Å². The first-order chi connectivity index (χ1) is 16.5. The average Bonchev–Trinajstić information content (AvgIpc) is 3.62. The maximum Gasteiger partial charge on any atom is 0.251 e.